The highest BCUT2D eigenvalue weighted by Crippen LogP contribution is 2.26. The number of fused-ring (bicyclic) bond motifs is 1. The van der Waals surface area contributed by atoms with Crippen LogP contribution < -0.4 is 5.32 Å². The van der Waals surface area contributed by atoms with Crippen molar-refractivity contribution in [3.05, 3.63) is 40.8 Å². The number of nitrogens with one attached hydrogen (secondary N) is 2. The zero-order chi connectivity index (χ0) is 18.0. The quantitative estimate of drug-likeness (QED) is 0.655. The van der Waals surface area contributed by atoms with Crippen LogP contribution in [-0.4, -0.2) is 27.7 Å². The molecule has 3 rings (SSSR count). The number of nitrogens with zero attached hydrogens (tertiary/aromatic N) is 2. The van der Waals surface area contributed by atoms with E-state index in [2.05, 4.69) is 36.2 Å². The fourth-order valence-electron chi connectivity index (χ4n) is 2.18. The Bertz CT molecular complexity index is 926. The zero-order valence-corrected chi connectivity index (χ0v) is 15.2. The number of carbonyl (C=O) groups excluding carboxylic acids is 1. The third-order valence-electron chi connectivity index (χ3n) is 3.32. The van der Waals surface area contributed by atoms with Crippen molar-refractivity contribution in [2.75, 3.05) is 11.9 Å². The van der Waals surface area contributed by atoms with Crippen LogP contribution in [0.25, 0.3) is 22.6 Å². The molecule has 6 nitrogen and oxygen atoms in total. The Balaban J connectivity index is 1.86. The molecular weight excluding hydrogens is 391 g/mol. The summed E-state index contributed by atoms with van der Waals surface area (Å²) in [7, 11) is 0. The fourth-order valence-corrected chi connectivity index (χ4v) is 2.51. The number of ether oxygens (including phenoxy) is 1. The number of rotatable bonds is 4. The molecule has 25 heavy (non-hydrogen) atoms. The minimum Gasteiger partial charge on any atom is -0.449 e. The van der Waals surface area contributed by atoms with E-state index in [1.807, 2.05) is 19.9 Å². The van der Waals surface area contributed by atoms with E-state index in [1.165, 1.54) is 18.2 Å². The van der Waals surface area contributed by atoms with Crippen molar-refractivity contribution in [1.82, 2.24) is 15.0 Å². The Morgan fingerprint density at radius 1 is 1.40 bits per heavy atom. The van der Waals surface area contributed by atoms with Crippen molar-refractivity contribution in [3.63, 3.8) is 0 Å². The maximum absolute atomic E-state index is 14.2. The average Bonchev–Trinajstić information content (AvgIpc) is 2.97. The molecule has 0 saturated heterocycles. The van der Waals surface area contributed by atoms with Gasteiger partial charge in [-0.15, -0.1) is 0 Å². The Hall–Kier alpha value is -2.48. The number of aromatic nitrogens is 3. The molecule has 130 valence electrons. The lowest BCUT2D eigenvalue weighted by atomic mass is 10.2. The van der Waals surface area contributed by atoms with Crippen molar-refractivity contribution in [1.29, 1.82) is 0 Å². The van der Waals surface area contributed by atoms with Gasteiger partial charge in [-0.1, -0.05) is 13.8 Å². The second-order valence-electron chi connectivity index (χ2n) is 5.92. The Labute approximate surface area is 152 Å². The van der Waals surface area contributed by atoms with Gasteiger partial charge in [0.05, 0.1) is 17.7 Å². The summed E-state index contributed by atoms with van der Waals surface area (Å²) in [6, 6.07) is 6.04. The summed E-state index contributed by atoms with van der Waals surface area (Å²) < 4.78 is 20.1. The number of amides is 1. The van der Waals surface area contributed by atoms with Crippen molar-refractivity contribution in [3.8, 4) is 11.4 Å². The molecule has 2 aromatic heterocycles. The summed E-state index contributed by atoms with van der Waals surface area (Å²) >= 11 is 3.33. The highest BCUT2D eigenvalue weighted by molar-refractivity contribution is 9.10. The van der Waals surface area contributed by atoms with E-state index in [1.54, 1.807) is 6.20 Å². The second-order valence-corrected chi connectivity index (χ2v) is 6.84. The molecular formula is C17H16BrFN4O2. The highest BCUT2D eigenvalue weighted by atomic mass is 79.9. The van der Waals surface area contributed by atoms with E-state index >= 15 is 0 Å². The smallest absolute Gasteiger partial charge is 0.411 e. The van der Waals surface area contributed by atoms with E-state index in [4.69, 9.17) is 4.74 Å². The predicted molar refractivity (Wildman–Crippen MR) is 96.8 cm³/mol. The molecule has 8 heteroatoms. The number of hydrogen-bond donors (Lipinski definition) is 2. The van der Waals surface area contributed by atoms with Crippen LogP contribution in [0.2, 0.25) is 0 Å². The molecule has 0 unspecified atom stereocenters. The van der Waals surface area contributed by atoms with Gasteiger partial charge in [0.2, 0.25) is 0 Å². The van der Waals surface area contributed by atoms with Crippen LogP contribution in [0.15, 0.2) is 34.9 Å². The number of hydrogen-bond acceptors (Lipinski definition) is 4. The number of carbonyl (C=O) groups is 1. The number of halogens is 2. The van der Waals surface area contributed by atoms with Gasteiger partial charge in [0, 0.05) is 16.4 Å². The summed E-state index contributed by atoms with van der Waals surface area (Å²) in [6.45, 7) is 4.19. The van der Waals surface area contributed by atoms with Gasteiger partial charge in [0.1, 0.15) is 11.6 Å². The summed E-state index contributed by atoms with van der Waals surface area (Å²) in [5, 5.41) is 2.58. The monoisotopic (exact) mass is 406 g/mol. The highest BCUT2D eigenvalue weighted by Gasteiger charge is 2.13. The Morgan fingerprint density at radius 3 is 2.96 bits per heavy atom. The Morgan fingerprint density at radius 2 is 2.20 bits per heavy atom. The second kappa shape index (κ2) is 7.18. The first-order chi connectivity index (χ1) is 11.9. The summed E-state index contributed by atoms with van der Waals surface area (Å²) in [5.41, 5.74) is 1.81. The minimum absolute atomic E-state index is 0.232. The third-order valence-corrected chi connectivity index (χ3v) is 3.75. The summed E-state index contributed by atoms with van der Waals surface area (Å²) in [6.07, 6.45) is 1.04. The van der Waals surface area contributed by atoms with Gasteiger partial charge >= 0.3 is 6.09 Å². The lowest BCUT2D eigenvalue weighted by Gasteiger charge is -2.09. The van der Waals surface area contributed by atoms with Gasteiger partial charge < -0.3 is 9.72 Å². The first-order valence-electron chi connectivity index (χ1n) is 7.67. The van der Waals surface area contributed by atoms with E-state index in [9.17, 15) is 9.18 Å². The number of H-pyrrole nitrogens is 1. The van der Waals surface area contributed by atoms with Crippen molar-refractivity contribution >= 4 is 38.9 Å². The SMILES string of the molecule is CC(C)COC(=O)Nc1ccc(F)c(-c2nc3ncc(Br)cc3[nH]2)c1. The molecule has 1 aromatic carbocycles. The van der Waals surface area contributed by atoms with Crippen LogP contribution >= 0.6 is 15.9 Å². The molecule has 0 aliphatic heterocycles. The third kappa shape index (κ3) is 4.14. The number of benzene rings is 1. The number of aromatic amines is 1. The Kier molecular flexibility index (Phi) is 4.98. The number of pyridine rings is 1. The van der Waals surface area contributed by atoms with Gasteiger partial charge in [-0.05, 0) is 46.1 Å². The molecule has 2 N–H and O–H groups in total. The lowest BCUT2D eigenvalue weighted by molar-refractivity contribution is 0.147. The van der Waals surface area contributed by atoms with Gasteiger partial charge in [-0.25, -0.2) is 19.2 Å². The van der Waals surface area contributed by atoms with Crippen LogP contribution in [0.5, 0.6) is 0 Å². The van der Waals surface area contributed by atoms with E-state index < -0.39 is 11.9 Å². The molecule has 0 saturated carbocycles. The molecule has 0 radical (unpaired) electrons. The van der Waals surface area contributed by atoms with Gasteiger partial charge in [0.25, 0.3) is 0 Å². The maximum Gasteiger partial charge on any atom is 0.411 e. The van der Waals surface area contributed by atoms with E-state index in [0.29, 0.717) is 29.3 Å². The van der Waals surface area contributed by atoms with Crippen LogP contribution in [-0.2, 0) is 4.74 Å². The standard InChI is InChI=1S/C17H16BrFN4O2/c1-9(2)8-25-17(24)21-11-3-4-13(19)12(6-11)15-22-14-5-10(18)7-20-16(14)23-15/h3-7,9H,8H2,1-2H3,(H,21,24)(H,20,22,23). The molecule has 0 atom stereocenters. The molecule has 3 aromatic rings. The fraction of sp³-hybridized carbons (Fsp3) is 0.235. The first kappa shape index (κ1) is 17.3. The van der Waals surface area contributed by atoms with Gasteiger partial charge in [0.15, 0.2) is 5.65 Å². The average molecular weight is 407 g/mol. The summed E-state index contributed by atoms with van der Waals surface area (Å²) in [4.78, 5) is 23.2. The number of anilines is 1. The zero-order valence-electron chi connectivity index (χ0n) is 13.6. The van der Waals surface area contributed by atoms with E-state index in [0.717, 1.165) is 4.47 Å². The molecule has 0 fully saturated rings. The molecule has 1 amide bonds. The van der Waals surface area contributed by atoms with Crippen molar-refractivity contribution in [2.24, 2.45) is 5.92 Å². The van der Waals surface area contributed by atoms with Crippen LogP contribution in [0.4, 0.5) is 14.9 Å². The van der Waals surface area contributed by atoms with Crippen LogP contribution in [0.1, 0.15) is 13.8 Å². The largest absolute Gasteiger partial charge is 0.449 e. The molecule has 0 aliphatic carbocycles. The first-order valence-corrected chi connectivity index (χ1v) is 8.46. The van der Waals surface area contributed by atoms with Gasteiger partial charge in [-0.2, -0.15) is 0 Å². The van der Waals surface area contributed by atoms with Crippen molar-refractivity contribution in [2.45, 2.75) is 13.8 Å². The molecule has 0 spiro atoms. The number of imidazole rings is 1. The topological polar surface area (TPSA) is 79.9 Å². The van der Waals surface area contributed by atoms with Gasteiger partial charge in [-0.3, -0.25) is 5.32 Å². The lowest BCUT2D eigenvalue weighted by Crippen LogP contribution is -2.16. The minimum atomic E-state index is -0.582. The summed E-state index contributed by atoms with van der Waals surface area (Å²) in [5.74, 6) is 0.105. The predicted octanol–water partition coefficient (Wildman–Crippen LogP) is 4.73. The normalized spacial score (nSPS) is 11.1. The van der Waals surface area contributed by atoms with Crippen LogP contribution in [0, 0.1) is 11.7 Å². The molecule has 0 bridgehead atoms. The van der Waals surface area contributed by atoms with Crippen LogP contribution in [0.3, 0.4) is 0 Å². The maximum atomic E-state index is 14.2. The molecule has 0 aliphatic rings. The van der Waals surface area contributed by atoms with Crippen molar-refractivity contribution < 1.29 is 13.9 Å². The molecule has 2 heterocycles. The van der Waals surface area contributed by atoms with E-state index in [-0.39, 0.29) is 11.5 Å².